The number of hydrogen-bond donors (Lipinski definition) is 0. The van der Waals surface area contributed by atoms with E-state index in [1.807, 2.05) is 30.3 Å². The molecule has 1 aliphatic heterocycles. The minimum absolute atomic E-state index is 0.135. The van der Waals surface area contributed by atoms with Gasteiger partial charge in [-0.2, -0.15) is 0 Å². The number of carbonyl (C=O) groups excluding carboxylic acids is 3. The van der Waals surface area contributed by atoms with E-state index in [1.54, 1.807) is 0 Å². The Morgan fingerprint density at radius 3 is 2.33 bits per heavy atom. The van der Waals surface area contributed by atoms with Gasteiger partial charge in [-0.3, -0.25) is 19.3 Å². The smallest absolute Gasteiger partial charge is 0.255 e. The number of ketones is 1. The van der Waals surface area contributed by atoms with Crippen LogP contribution in [0.3, 0.4) is 0 Å². The molecule has 1 saturated heterocycles. The number of rotatable bonds is 4. The van der Waals surface area contributed by atoms with E-state index in [4.69, 9.17) is 4.74 Å². The second-order valence-electron chi connectivity index (χ2n) is 4.07. The topological polar surface area (TPSA) is 63.7 Å². The van der Waals surface area contributed by atoms with Crippen LogP contribution in [0.2, 0.25) is 0 Å². The third kappa shape index (κ3) is 3.01. The highest BCUT2D eigenvalue weighted by Crippen LogP contribution is 2.04. The van der Waals surface area contributed by atoms with Gasteiger partial charge in [0.2, 0.25) is 0 Å². The fraction of sp³-hybridized carbons (Fsp3) is 0.308. The SMILES string of the molecule is O=C(Cc1ccccc1)CN1C(=O)COCC1=O. The van der Waals surface area contributed by atoms with E-state index in [2.05, 4.69) is 0 Å². The van der Waals surface area contributed by atoms with Crippen LogP contribution in [-0.2, 0) is 25.5 Å². The molecule has 0 N–H and O–H groups in total. The van der Waals surface area contributed by atoms with E-state index in [0.29, 0.717) is 0 Å². The Hall–Kier alpha value is -2.01. The van der Waals surface area contributed by atoms with Crippen LogP contribution in [0.1, 0.15) is 5.56 Å². The number of Topliss-reactive ketones (excluding diaryl/α,β-unsaturated/α-hetero) is 1. The fourth-order valence-electron chi connectivity index (χ4n) is 1.75. The van der Waals surface area contributed by atoms with E-state index in [9.17, 15) is 14.4 Å². The zero-order chi connectivity index (χ0) is 13.0. The molecule has 18 heavy (non-hydrogen) atoms. The van der Waals surface area contributed by atoms with Gasteiger partial charge in [0.05, 0.1) is 6.54 Å². The Labute approximate surface area is 104 Å². The van der Waals surface area contributed by atoms with Gasteiger partial charge in [-0.15, -0.1) is 0 Å². The molecule has 94 valence electrons. The van der Waals surface area contributed by atoms with Crippen LogP contribution in [0.25, 0.3) is 0 Å². The van der Waals surface area contributed by atoms with Crippen LogP contribution in [-0.4, -0.2) is 42.3 Å². The van der Waals surface area contributed by atoms with Crippen molar-refractivity contribution in [3.63, 3.8) is 0 Å². The lowest BCUT2D eigenvalue weighted by molar-refractivity contribution is -0.160. The maximum atomic E-state index is 11.8. The van der Waals surface area contributed by atoms with Crippen molar-refractivity contribution < 1.29 is 19.1 Å². The molecule has 2 amide bonds. The van der Waals surface area contributed by atoms with Gasteiger partial charge < -0.3 is 4.74 Å². The molecule has 1 aliphatic rings. The monoisotopic (exact) mass is 247 g/mol. The molecule has 0 atom stereocenters. The van der Waals surface area contributed by atoms with Crippen molar-refractivity contribution in [2.24, 2.45) is 0 Å². The molecule has 5 nitrogen and oxygen atoms in total. The molecule has 2 rings (SSSR count). The molecule has 1 aromatic carbocycles. The predicted molar refractivity (Wildman–Crippen MR) is 62.7 cm³/mol. The third-order valence-electron chi connectivity index (χ3n) is 2.63. The van der Waals surface area contributed by atoms with Gasteiger partial charge in [-0.05, 0) is 5.56 Å². The summed E-state index contributed by atoms with van der Waals surface area (Å²) in [7, 11) is 0. The Bertz CT molecular complexity index is 453. The van der Waals surface area contributed by atoms with Crippen LogP contribution in [0, 0.1) is 0 Å². The Morgan fingerprint density at radius 2 is 1.72 bits per heavy atom. The third-order valence-corrected chi connectivity index (χ3v) is 2.63. The summed E-state index contributed by atoms with van der Waals surface area (Å²) < 4.78 is 4.77. The normalized spacial score (nSPS) is 15.9. The standard InChI is InChI=1S/C13H13NO4/c15-11(6-10-4-2-1-3-5-10)7-14-12(16)8-18-9-13(14)17/h1-5H,6-9H2. The van der Waals surface area contributed by atoms with Crippen molar-refractivity contribution in [1.82, 2.24) is 4.90 Å². The highest BCUT2D eigenvalue weighted by Gasteiger charge is 2.28. The van der Waals surface area contributed by atoms with Crippen molar-refractivity contribution >= 4 is 17.6 Å². The van der Waals surface area contributed by atoms with Gasteiger partial charge >= 0.3 is 0 Å². The summed E-state index contributed by atoms with van der Waals surface area (Å²) in [5.41, 5.74) is 0.871. The fourth-order valence-corrected chi connectivity index (χ4v) is 1.75. The lowest BCUT2D eigenvalue weighted by Gasteiger charge is -2.24. The molecule has 1 heterocycles. The number of hydrogen-bond acceptors (Lipinski definition) is 4. The van der Waals surface area contributed by atoms with Crippen LogP contribution in [0.4, 0.5) is 0 Å². The quantitative estimate of drug-likeness (QED) is 0.712. The van der Waals surface area contributed by atoms with E-state index in [-0.39, 0.29) is 32.0 Å². The van der Waals surface area contributed by atoms with Crippen LogP contribution in [0.15, 0.2) is 30.3 Å². The molecule has 1 fully saturated rings. The summed E-state index contributed by atoms with van der Waals surface area (Å²) in [6.45, 7) is -0.440. The van der Waals surface area contributed by atoms with Gasteiger partial charge in [-0.25, -0.2) is 0 Å². The largest absolute Gasteiger partial charge is 0.362 e. The van der Waals surface area contributed by atoms with Gasteiger partial charge in [0.15, 0.2) is 5.78 Å². The first-order chi connectivity index (χ1) is 8.66. The summed E-state index contributed by atoms with van der Waals surface area (Å²) in [5.74, 6) is -1.06. The van der Waals surface area contributed by atoms with Gasteiger partial charge in [0, 0.05) is 6.42 Å². The Balaban J connectivity index is 1.94. The zero-order valence-corrected chi connectivity index (χ0v) is 9.80. The molecular weight excluding hydrogens is 234 g/mol. The molecular formula is C13H13NO4. The summed E-state index contributed by atoms with van der Waals surface area (Å²) >= 11 is 0. The minimum Gasteiger partial charge on any atom is -0.362 e. The number of nitrogens with zero attached hydrogens (tertiary/aromatic N) is 1. The zero-order valence-electron chi connectivity index (χ0n) is 9.80. The lowest BCUT2D eigenvalue weighted by atomic mass is 10.1. The maximum absolute atomic E-state index is 11.8. The summed E-state index contributed by atoms with van der Waals surface area (Å²) in [4.78, 5) is 35.6. The first kappa shape index (κ1) is 12.4. The summed E-state index contributed by atoms with van der Waals surface area (Å²) in [6.07, 6.45) is 0.221. The lowest BCUT2D eigenvalue weighted by Crippen LogP contribution is -2.48. The molecule has 0 radical (unpaired) electrons. The highest BCUT2D eigenvalue weighted by molar-refractivity contribution is 6.01. The number of ether oxygens (including phenoxy) is 1. The van der Waals surface area contributed by atoms with Crippen molar-refractivity contribution in [3.8, 4) is 0 Å². The molecule has 1 aromatic rings. The van der Waals surface area contributed by atoms with Crippen LogP contribution < -0.4 is 0 Å². The second-order valence-corrected chi connectivity index (χ2v) is 4.07. The van der Waals surface area contributed by atoms with Crippen LogP contribution in [0.5, 0.6) is 0 Å². The van der Waals surface area contributed by atoms with Crippen molar-refractivity contribution in [1.29, 1.82) is 0 Å². The van der Waals surface area contributed by atoms with Gasteiger partial charge in [0.25, 0.3) is 11.8 Å². The summed E-state index contributed by atoms with van der Waals surface area (Å²) in [5, 5.41) is 0. The molecule has 0 aliphatic carbocycles. The highest BCUT2D eigenvalue weighted by atomic mass is 16.5. The van der Waals surface area contributed by atoms with E-state index in [0.717, 1.165) is 10.5 Å². The molecule has 0 bridgehead atoms. The van der Waals surface area contributed by atoms with E-state index in [1.165, 1.54) is 0 Å². The molecule has 5 heteroatoms. The van der Waals surface area contributed by atoms with Crippen molar-refractivity contribution in [2.75, 3.05) is 19.8 Å². The average molecular weight is 247 g/mol. The minimum atomic E-state index is -0.451. The van der Waals surface area contributed by atoms with Gasteiger partial charge in [0.1, 0.15) is 13.2 Å². The van der Waals surface area contributed by atoms with Gasteiger partial charge in [-0.1, -0.05) is 30.3 Å². The molecule has 0 saturated carbocycles. The number of carbonyl (C=O) groups is 3. The molecule has 0 unspecified atom stereocenters. The maximum Gasteiger partial charge on any atom is 0.255 e. The van der Waals surface area contributed by atoms with E-state index < -0.39 is 11.8 Å². The first-order valence-electron chi connectivity index (χ1n) is 5.63. The number of morpholine rings is 1. The summed E-state index contributed by atoms with van der Waals surface area (Å²) in [6, 6.07) is 9.21. The van der Waals surface area contributed by atoms with Crippen molar-refractivity contribution in [2.45, 2.75) is 6.42 Å². The second kappa shape index (κ2) is 5.55. The number of imide groups is 1. The average Bonchev–Trinajstić information content (AvgIpc) is 2.35. The Kier molecular flexibility index (Phi) is 3.84. The van der Waals surface area contributed by atoms with Crippen molar-refractivity contribution in [3.05, 3.63) is 35.9 Å². The first-order valence-corrected chi connectivity index (χ1v) is 5.63. The van der Waals surface area contributed by atoms with Crippen LogP contribution >= 0.6 is 0 Å². The van der Waals surface area contributed by atoms with E-state index >= 15 is 0 Å². The number of amides is 2. The Morgan fingerprint density at radius 1 is 1.11 bits per heavy atom. The predicted octanol–water partition coefficient (Wildman–Crippen LogP) is 0.184. The number of benzene rings is 1. The molecule has 0 spiro atoms. The molecule has 0 aromatic heterocycles.